The van der Waals surface area contributed by atoms with E-state index in [0.717, 1.165) is 10.0 Å². The molecular formula is C13H11BrN2O2. The van der Waals surface area contributed by atoms with Crippen LogP contribution < -0.4 is 5.32 Å². The van der Waals surface area contributed by atoms with Crippen LogP contribution in [0, 0.1) is 10.1 Å². The van der Waals surface area contributed by atoms with Crippen molar-refractivity contribution in [2.24, 2.45) is 0 Å². The molecule has 0 atom stereocenters. The first-order valence-electron chi connectivity index (χ1n) is 5.38. The number of nitro groups is 1. The summed E-state index contributed by atoms with van der Waals surface area (Å²) in [6.45, 7) is 0.626. The topological polar surface area (TPSA) is 55.2 Å². The molecule has 2 aromatic carbocycles. The first-order chi connectivity index (χ1) is 8.66. The molecule has 0 aliphatic carbocycles. The number of hydrogen-bond donors (Lipinski definition) is 1. The van der Waals surface area contributed by atoms with Crippen molar-refractivity contribution >= 4 is 27.3 Å². The molecule has 0 amide bonds. The lowest BCUT2D eigenvalue weighted by atomic mass is 10.2. The molecule has 0 aliphatic rings. The minimum atomic E-state index is -0.403. The number of nitrogens with one attached hydrogen (secondary N) is 1. The summed E-state index contributed by atoms with van der Waals surface area (Å²) in [4.78, 5) is 10.3. The van der Waals surface area contributed by atoms with E-state index in [2.05, 4.69) is 21.2 Å². The SMILES string of the molecule is O=[N+]([O-])c1ccc(Br)c(NCc2ccccc2)c1. The number of nitro benzene ring substituents is 1. The Morgan fingerprint density at radius 2 is 1.89 bits per heavy atom. The molecule has 5 heteroatoms. The van der Waals surface area contributed by atoms with Crippen molar-refractivity contribution in [3.8, 4) is 0 Å². The molecule has 0 heterocycles. The molecule has 0 unspecified atom stereocenters. The predicted molar refractivity (Wildman–Crippen MR) is 74.6 cm³/mol. The fraction of sp³-hybridized carbons (Fsp3) is 0.0769. The van der Waals surface area contributed by atoms with Gasteiger partial charge in [0, 0.05) is 23.2 Å². The summed E-state index contributed by atoms with van der Waals surface area (Å²) in [5, 5.41) is 13.9. The van der Waals surface area contributed by atoms with E-state index in [1.165, 1.54) is 12.1 Å². The van der Waals surface area contributed by atoms with E-state index >= 15 is 0 Å². The Labute approximate surface area is 113 Å². The zero-order valence-electron chi connectivity index (χ0n) is 9.47. The molecule has 2 aromatic rings. The maximum Gasteiger partial charge on any atom is 0.271 e. The third-order valence-electron chi connectivity index (χ3n) is 2.49. The van der Waals surface area contributed by atoms with Gasteiger partial charge in [0.25, 0.3) is 5.69 Å². The fourth-order valence-corrected chi connectivity index (χ4v) is 1.94. The summed E-state index contributed by atoms with van der Waals surface area (Å²) >= 11 is 3.37. The van der Waals surface area contributed by atoms with E-state index in [0.29, 0.717) is 12.2 Å². The zero-order chi connectivity index (χ0) is 13.0. The van der Waals surface area contributed by atoms with E-state index in [9.17, 15) is 10.1 Å². The van der Waals surface area contributed by atoms with E-state index in [1.807, 2.05) is 30.3 Å². The van der Waals surface area contributed by atoms with Crippen LogP contribution in [0.15, 0.2) is 53.0 Å². The maximum atomic E-state index is 10.7. The number of non-ortho nitro benzene ring substituents is 1. The molecule has 1 N–H and O–H groups in total. The third kappa shape index (κ3) is 3.07. The maximum absolute atomic E-state index is 10.7. The number of halogens is 1. The smallest absolute Gasteiger partial charge is 0.271 e. The van der Waals surface area contributed by atoms with E-state index < -0.39 is 4.92 Å². The number of hydrogen-bond acceptors (Lipinski definition) is 3. The van der Waals surface area contributed by atoms with Gasteiger partial charge in [0.05, 0.1) is 10.6 Å². The fourth-order valence-electron chi connectivity index (χ4n) is 1.56. The van der Waals surface area contributed by atoms with Gasteiger partial charge in [-0.3, -0.25) is 10.1 Å². The Morgan fingerprint density at radius 3 is 2.56 bits per heavy atom. The van der Waals surface area contributed by atoms with E-state index in [1.54, 1.807) is 6.07 Å². The van der Waals surface area contributed by atoms with Gasteiger partial charge in [0.15, 0.2) is 0 Å². The van der Waals surface area contributed by atoms with E-state index in [4.69, 9.17) is 0 Å². The van der Waals surface area contributed by atoms with Gasteiger partial charge in [0.1, 0.15) is 0 Å². The van der Waals surface area contributed by atoms with Crippen LogP contribution in [0.25, 0.3) is 0 Å². The Bertz CT molecular complexity index is 558. The minimum Gasteiger partial charge on any atom is -0.380 e. The largest absolute Gasteiger partial charge is 0.380 e. The monoisotopic (exact) mass is 306 g/mol. The summed E-state index contributed by atoms with van der Waals surface area (Å²) < 4.78 is 0.809. The molecule has 92 valence electrons. The standard InChI is InChI=1S/C13H11BrN2O2/c14-12-7-6-11(16(17)18)8-13(12)15-9-10-4-2-1-3-5-10/h1-8,15H,9H2. The average Bonchev–Trinajstić information content (AvgIpc) is 2.38. The van der Waals surface area contributed by atoms with Crippen molar-refractivity contribution in [1.29, 1.82) is 0 Å². The highest BCUT2D eigenvalue weighted by molar-refractivity contribution is 9.10. The van der Waals surface area contributed by atoms with Gasteiger partial charge in [-0.25, -0.2) is 0 Å². The molecule has 0 saturated heterocycles. The van der Waals surface area contributed by atoms with Crippen molar-refractivity contribution in [3.63, 3.8) is 0 Å². The first-order valence-corrected chi connectivity index (χ1v) is 6.18. The molecule has 4 nitrogen and oxygen atoms in total. The van der Waals surface area contributed by atoms with Gasteiger partial charge in [-0.2, -0.15) is 0 Å². The van der Waals surface area contributed by atoms with Crippen molar-refractivity contribution < 1.29 is 4.92 Å². The van der Waals surface area contributed by atoms with Crippen LogP contribution in [0.1, 0.15) is 5.56 Å². The normalized spacial score (nSPS) is 10.1. The molecule has 0 aromatic heterocycles. The summed E-state index contributed by atoms with van der Waals surface area (Å²) in [5.41, 5.74) is 1.91. The van der Waals surface area contributed by atoms with Gasteiger partial charge in [-0.15, -0.1) is 0 Å². The summed E-state index contributed by atoms with van der Waals surface area (Å²) in [6.07, 6.45) is 0. The lowest BCUT2D eigenvalue weighted by Crippen LogP contribution is -2.00. The lowest BCUT2D eigenvalue weighted by Gasteiger charge is -2.08. The molecule has 0 spiro atoms. The molecule has 0 fully saturated rings. The van der Waals surface area contributed by atoms with Crippen LogP contribution in [0.2, 0.25) is 0 Å². The highest BCUT2D eigenvalue weighted by Gasteiger charge is 2.08. The van der Waals surface area contributed by atoms with Gasteiger partial charge < -0.3 is 5.32 Å². The summed E-state index contributed by atoms with van der Waals surface area (Å²) in [7, 11) is 0. The minimum absolute atomic E-state index is 0.0776. The Hall–Kier alpha value is -1.88. The van der Waals surface area contributed by atoms with Crippen molar-refractivity contribution in [1.82, 2.24) is 0 Å². The number of nitrogens with zero attached hydrogens (tertiary/aromatic N) is 1. The van der Waals surface area contributed by atoms with Gasteiger partial charge >= 0.3 is 0 Å². The van der Waals surface area contributed by atoms with Gasteiger partial charge in [0.2, 0.25) is 0 Å². The van der Waals surface area contributed by atoms with Crippen molar-refractivity contribution in [2.45, 2.75) is 6.54 Å². The Kier molecular flexibility index (Phi) is 3.94. The molecular weight excluding hydrogens is 296 g/mol. The molecule has 2 rings (SSSR count). The van der Waals surface area contributed by atoms with Crippen molar-refractivity contribution in [2.75, 3.05) is 5.32 Å². The second kappa shape index (κ2) is 5.64. The molecule has 0 bridgehead atoms. The number of rotatable bonds is 4. The third-order valence-corrected chi connectivity index (χ3v) is 3.18. The second-order valence-corrected chi connectivity index (χ2v) is 4.61. The van der Waals surface area contributed by atoms with Crippen LogP contribution in [0.3, 0.4) is 0 Å². The second-order valence-electron chi connectivity index (χ2n) is 3.76. The van der Waals surface area contributed by atoms with Crippen LogP contribution in [0.5, 0.6) is 0 Å². The average molecular weight is 307 g/mol. The Morgan fingerprint density at radius 1 is 1.17 bits per heavy atom. The number of benzene rings is 2. The summed E-state index contributed by atoms with van der Waals surface area (Å²) in [5.74, 6) is 0. The lowest BCUT2D eigenvalue weighted by molar-refractivity contribution is -0.384. The summed E-state index contributed by atoms with van der Waals surface area (Å²) in [6, 6.07) is 14.5. The first kappa shape index (κ1) is 12.6. The Balaban J connectivity index is 2.14. The molecule has 18 heavy (non-hydrogen) atoms. The molecule has 0 radical (unpaired) electrons. The predicted octanol–water partition coefficient (Wildman–Crippen LogP) is 3.97. The van der Waals surface area contributed by atoms with Crippen LogP contribution in [-0.2, 0) is 6.54 Å². The quantitative estimate of drug-likeness (QED) is 0.687. The molecule has 0 aliphatic heterocycles. The van der Waals surface area contributed by atoms with E-state index in [-0.39, 0.29) is 5.69 Å². The van der Waals surface area contributed by atoms with Gasteiger partial charge in [-0.1, -0.05) is 30.3 Å². The molecule has 0 saturated carbocycles. The highest BCUT2D eigenvalue weighted by atomic mass is 79.9. The van der Waals surface area contributed by atoms with Crippen LogP contribution in [-0.4, -0.2) is 4.92 Å². The zero-order valence-corrected chi connectivity index (χ0v) is 11.1. The van der Waals surface area contributed by atoms with Gasteiger partial charge in [-0.05, 0) is 27.6 Å². The number of anilines is 1. The van der Waals surface area contributed by atoms with Crippen LogP contribution >= 0.6 is 15.9 Å². The van der Waals surface area contributed by atoms with Crippen molar-refractivity contribution in [3.05, 3.63) is 68.7 Å². The van der Waals surface area contributed by atoms with Crippen LogP contribution in [0.4, 0.5) is 11.4 Å². The highest BCUT2D eigenvalue weighted by Crippen LogP contribution is 2.27.